The van der Waals surface area contributed by atoms with E-state index in [-0.39, 0.29) is 109 Å². The fourth-order valence-corrected chi connectivity index (χ4v) is 14.2. The highest BCUT2D eigenvalue weighted by Gasteiger charge is 2.33. The molecule has 6 atom stereocenters. The van der Waals surface area contributed by atoms with E-state index >= 15 is 0 Å². The van der Waals surface area contributed by atoms with E-state index in [2.05, 4.69) is 176 Å². The molecule has 0 bridgehead atoms. The number of carbonyl (C=O) groups is 12. The third kappa shape index (κ3) is 90.8. The van der Waals surface area contributed by atoms with Crippen LogP contribution in [-0.4, -0.2) is 179 Å². The molecule has 2 aromatic rings. The lowest BCUT2D eigenvalue weighted by Crippen LogP contribution is -2.47. The van der Waals surface area contributed by atoms with Gasteiger partial charge >= 0.3 is 17.9 Å². The first-order valence-corrected chi connectivity index (χ1v) is 48.7. The third-order valence-corrected chi connectivity index (χ3v) is 22.2. The number of nitrogens with two attached hydrogens (primary N) is 2. The first-order valence-electron chi connectivity index (χ1n) is 44.6. The number of aliphatic hydroxyl groups is 1. The number of hydrogen-bond donors (Lipinski definition) is 12. The van der Waals surface area contributed by atoms with Crippen molar-refractivity contribution >= 4 is 141 Å². The molecule has 25 nitrogen and oxygen atoms in total. The van der Waals surface area contributed by atoms with Gasteiger partial charge < -0.3 is 62.5 Å². The number of aliphatic carboxylic acids is 1. The second-order valence-corrected chi connectivity index (χ2v) is 47.8. The van der Waals surface area contributed by atoms with Gasteiger partial charge in [0.25, 0.3) is 0 Å². The summed E-state index contributed by atoms with van der Waals surface area (Å²) in [5.74, 6) is 0.212. The minimum atomic E-state index is -0.961. The van der Waals surface area contributed by atoms with Crippen LogP contribution in [0.1, 0.15) is 345 Å². The monoisotopic (exact) mass is 1910 g/mol. The lowest BCUT2D eigenvalue weighted by atomic mass is 9.86. The molecule has 1 fully saturated rings. The van der Waals surface area contributed by atoms with Crippen molar-refractivity contribution in [2.75, 3.05) is 48.6 Å². The molecule has 0 unspecified atom stereocenters. The Kier molecular flexibility index (Phi) is 70.7. The molecule has 3 rings (SSSR count). The van der Waals surface area contributed by atoms with Gasteiger partial charge in [0, 0.05) is 142 Å². The van der Waals surface area contributed by atoms with Gasteiger partial charge in [-0.3, -0.25) is 53.1 Å². The zero-order valence-corrected chi connectivity index (χ0v) is 91.1. The number of methoxy groups -OCH3 is 1. The molecule has 2 aromatic heterocycles. The third-order valence-electron chi connectivity index (χ3n) is 17.4. The number of nitrogens with one attached hydrogen (secondary N) is 5. The standard InChI is InChI=1S/C13H24OS2.C11H24N2O.C11H19NO3.C10H16N2.C10H16O4.C10H20O.C9H14N2.C9H17NO3.C9H17NO2S.C7H14OS2/c1-12(2,3)11(14)7-5-6-8-13(4)9-10-15-16-13;1-9(14)10(12)7-5-6-8-13-11(2,3)4;1-7(13)9(12-8(2)14)6-10(15)11(3,4)5;1-10(2,3)6-8-7-12-5-4-9(8)11;1-10(2,3)7-14-9(12)6-5-8(11)13-4;1-9(11)7-5-6-8-10(2,3)4;1-9(2,3)11-8-4-6-10-7-5-8;1-6(11)7(5-8(12)13)10-9(2,3)4;1-6(11)10-7(5-13)8(12)9(2,3)4;1-7(2,3)6(8)5(10)4-9/h5-10H2,1-4H3;10,13-14H,1,5-8,12H2,2-4H3;9H,6H2,1-5H3,(H,12,14);4-5,7H,6H2,1-3H3,(H2,11,12);5-6H,7H2,1-4H3;5-8H2,1-4H3;4-7H,1-3H3,(H,10,11);7,10H,5H2,1-4H3,(H,12,13);7,13H,5H2,1-4H3,(H,10,11);5,9-10H,4H2,1-3H3/b;;;;6-5+;;;;;/t13-;10-;9-;;;;;2*7-;5-/m100....000/s1. The van der Waals surface area contributed by atoms with Gasteiger partial charge in [0.05, 0.1) is 49.6 Å². The number of carboxylic acids is 1. The summed E-state index contributed by atoms with van der Waals surface area (Å²) in [6.07, 6.45) is 22.9. The minimum absolute atomic E-state index is 0.0118. The van der Waals surface area contributed by atoms with Gasteiger partial charge in [0.2, 0.25) is 11.8 Å². The number of amides is 2. The molecule has 0 aromatic carbocycles. The van der Waals surface area contributed by atoms with E-state index in [0.717, 1.165) is 87.0 Å². The summed E-state index contributed by atoms with van der Waals surface area (Å²) in [6.45, 7) is 74.5. The van der Waals surface area contributed by atoms with Gasteiger partial charge in [0.15, 0.2) is 17.3 Å². The fourth-order valence-electron chi connectivity index (χ4n) is 10.1. The Morgan fingerprint density at radius 1 is 0.566 bits per heavy atom. The number of esters is 2. The van der Waals surface area contributed by atoms with E-state index in [1.165, 1.54) is 72.7 Å². The van der Waals surface area contributed by atoms with Crippen molar-refractivity contribution in [1.82, 2.24) is 31.2 Å². The summed E-state index contributed by atoms with van der Waals surface area (Å²) >= 11 is 12.1. The molecule has 0 radical (unpaired) electrons. The van der Waals surface area contributed by atoms with E-state index in [1.54, 1.807) is 46.3 Å². The number of anilines is 2. The lowest BCUT2D eigenvalue weighted by molar-refractivity contribution is -0.141. The van der Waals surface area contributed by atoms with Gasteiger partial charge in [-0.1, -0.05) is 193 Å². The number of nitrogen functional groups attached to an aromatic ring is 1. The summed E-state index contributed by atoms with van der Waals surface area (Å²) < 4.78 is 9.66. The van der Waals surface area contributed by atoms with Crippen molar-refractivity contribution < 1.29 is 77.2 Å². The molecule has 129 heavy (non-hydrogen) atoms. The number of thiol groups is 3. The molecule has 1 saturated heterocycles. The predicted molar refractivity (Wildman–Crippen MR) is 551 cm³/mol. The van der Waals surface area contributed by atoms with Gasteiger partial charge in [-0.05, 0) is 188 Å². The van der Waals surface area contributed by atoms with Crippen LogP contribution in [0.4, 0.5) is 11.4 Å². The van der Waals surface area contributed by atoms with Crippen LogP contribution in [0, 0.1) is 37.9 Å². The highest BCUT2D eigenvalue weighted by molar-refractivity contribution is 8.77. The number of hydrogen-bond acceptors (Lipinski definition) is 27. The summed E-state index contributed by atoms with van der Waals surface area (Å²) in [7, 11) is 5.28. The molecular formula is C99H181N9O16S5. The number of carboxylic acid groups (broad SMARTS) is 1. The zero-order chi connectivity index (χ0) is 103. The minimum Gasteiger partial charge on any atom is -0.511 e. The quantitative estimate of drug-likeness (QED) is 0.00788. The van der Waals surface area contributed by atoms with E-state index < -0.39 is 46.9 Å². The number of ketones is 7. The molecule has 0 spiro atoms. The zero-order valence-electron chi connectivity index (χ0n) is 86.7. The van der Waals surface area contributed by atoms with Crippen LogP contribution in [0.25, 0.3) is 0 Å². The van der Waals surface area contributed by atoms with Crippen LogP contribution in [-0.2, 0) is 73.4 Å². The highest BCUT2D eigenvalue weighted by atomic mass is 33.1. The van der Waals surface area contributed by atoms with Gasteiger partial charge in [-0.15, -0.1) is 0 Å². The average molecular weight is 1910 g/mol. The Hall–Kier alpha value is -6.15. The van der Waals surface area contributed by atoms with Crippen molar-refractivity contribution in [2.45, 2.75) is 396 Å². The molecule has 0 saturated carbocycles. The molecule has 2 amide bonds. The number of unbranched alkanes of at least 4 members (excludes halogenated alkanes) is 3. The molecular weight excluding hydrogens is 1730 g/mol. The van der Waals surface area contributed by atoms with Gasteiger partial charge in [-0.25, -0.2) is 9.59 Å². The van der Waals surface area contributed by atoms with Crippen LogP contribution in [0.5, 0.6) is 0 Å². The van der Waals surface area contributed by atoms with Crippen LogP contribution in [0.3, 0.4) is 0 Å². The smallest absolute Gasteiger partial charge is 0.331 e. The molecule has 1 aliphatic heterocycles. The summed E-state index contributed by atoms with van der Waals surface area (Å²) in [6, 6.07) is 3.77. The molecule has 11 N–H and O–H groups in total. The van der Waals surface area contributed by atoms with E-state index in [1.807, 2.05) is 150 Å². The van der Waals surface area contributed by atoms with Crippen molar-refractivity contribution in [3.8, 4) is 0 Å². The van der Waals surface area contributed by atoms with Crippen molar-refractivity contribution in [3.05, 3.63) is 73.0 Å². The average Bonchev–Trinajstić information content (AvgIpc) is 1.34. The molecule has 1 aliphatic rings. The number of pyridine rings is 2. The maximum atomic E-state index is 11.7. The molecule has 3 heterocycles. The number of Topliss-reactive ketones (excluding diaryl/α,β-unsaturated/α-hetero) is 7. The predicted octanol–water partition coefficient (Wildman–Crippen LogP) is 20.4. The molecule has 30 heteroatoms. The number of nitrogens with zero attached hydrogens (tertiary/aromatic N) is 2. The first kappa shape index (κ1) is 136. The van der Waals surface area contributed by atoms with E-state index in [4.69, 9.17) is 26.4 Å². The maximum Gasteiger partial charge on any atom is 0.331 e. The summed E-state index contributed by atoms with van der Waals surface area (Å²) in [4.78, 5) is 141. The number of ether oxygens (including phenoxy) is 2. The largest absolute Gasteiger partial charge is 0.511 e. The summed E-state index contributed by atoms with van der Waals surface area (Å²) in [5, 5.41) is 32.0. The van der Waals surface area contributed by atoms with Crippen LogP contribution < -0.4 is 38.1 Å². The van der Waals surface area contributed by atoms with E-state index in [0.29, 0.717) is 39.8 Å². The van der Waals surface area contributed by atoms with Gasteiger partial charge in [0.1, 0.15) is 28.9 Å². The second-order valence-electron chi connectivity index (χ2n) is 43.4. The Balaban J connectivity index is -0.000000257. The SMILES string of the molecule is C=C(O)[C@@H](N)CCCCNC(C)(C)C.CC(=O)CCCCC(C)(C)C.CC(=O)N[C@@H](CC(=O)C(C)(C)C)C(C)=O.CC(=O)N[C@@H](CS)C(=O)C(C)(C)C.CC(=O)[C@H](CC(=O)O)NC(C)(C)C.CC(C)(C)C(=O)CCCC[C@]1(C)CCSS1.CC(C)(C)C(=O)[C@@H](S)CS.CC(C)(C)Cc1cnccc1N.CC(C)(C)Nc1ccncc1.COC(=O)/C=C/C(=O)OCC(C)(C)C. The fraction of sp³-hybridized carbons (Fsp3) is 0.737. The van der Waals surface area contributed by atoms with Crippen molar-refractivity contribution in [1.29, 1.82) is 0 Å². The number of carbonyl (C=O) groups excluding carboxylic acids is 11. The van der Waals surface area contributed by atoms with Crippen molar-refractivity contribution in [3.63, 3.8) is 0 Å². The van der Waals surface area contributed by atoms with Gasteiger partial charge in [-0.2, -0.15) is 37.9 Å². The second kappa shape index (κ2) is 67.1. The Morgan fingerprint density at radius 2 is 1.05 bits per heavy atom. The van der Waals surface area contributed by atoms with Crippen molar-refractivity contribution in [2.24, 2.45) is 43.6 Å². The Labute approximate surface area is 805 Å². The highest BCUT2D eigenvalue weighted by Crippen LogP contribution is 2.49. The Morgan fingerprint density at radius 3 is 1.40 bits per heavy atom. The number of rotatable bonds is 33. The number of aromatic nitrogens is 2. The van der Waals surface area contributed by atoms with E-state index in [9.17, 15) is 57.5 Å². The topological polar surface area (TPSA) is 402 Å². The maximum absolute atomic E-state index is 11.7. The number of aliphatic hydroxyl groups excluding tert-OH is 1. The molecule has 0 aliphatic carbocycles. The van der Waals surface area contributed by atoms with Crippen LogP contribution >= 0.6 is 59.5 Å². The molecule has 748 valence electrons. The normalized spacial score (nSPS) is 14.5. The summed E-state index contributed by atoms with van der Waals surface area (Å²) in [5.41, 5.74) is 13.9. The lowest BCUT2D eigenvalue weighted by Gasteiger charge is -2.25. The Bertz CT molecular complexity index is 3600. The van der Waals surface area contributed by atoms with Crippen LogP contribution in [0.15, 0.2) is 67.5 Å². The van der Waals surface area contributed by atoms with Crippen LogP contribution in [0.2, 0.25) is 0 Å². The first-order chi connectivity index (χ1) is 58.0.